The van der Waals surface area contributed by atoms with Crippen molar-refractivity contribution >= 4 is 27.5 Å². The minimum atomic E-state index is 0.521. The Hall–Kier alpha value is -0.0800. The first-order valence-electron chi connectivity index (χ1n) is 4.32. The molecule has 0 atom stereocenters. The van der Waals surface area contributed by atoms with E-state index in [4.69, 9.17) is 11.6 Å². The van der Waals surface area contributed by atoms with Crippen LogP contribution in [0.3, 0.4) is 0 Å². The van der Waals surface area contributed by atoms with Gasteiger partial charge in [0.1, 0.15) is 4.60 Å². The SMILES string of the molecule is CCc1c(C)nc(Br)c(CCl)c1C. The molecule has 0 spiro atoms. The van der Waals surface area contributed by atoms with E-state index in [2.05, 4.69) is 34.8 Å². The van der Waals surface area contributed by atoms with E-state index in [9.17, 15) is 0 Å². The second-order valence-electron chi connectivity index (χ2n) is 3.06. The molecule has 0 radical (unpaired) electrons. The number of hydrogen-bond donors (Lipinski definition) is 0. The lowest BCUT2D eigenvalue weighted by Gasteiger charge is -2.12. The molecule has 1 aromatic heterocycles. The van der Waals surface area contributed by atoms with Crippen LogP contribution in [0.15, 0.2) is 4.60 Å². The summed E-state index contributed by atoms with van der Waals surface area (Å²) in [7, 11) is 0. The summed E-state index contributed by atoms with van der Waals surface area (Å²) in [5.74, 6) is 0.521. The molecule has 1 nitrogen and oxygen atoms in total. The number of halogens is 2. The van der Waals surface area contributed by atoms with Gasteiger partial charge in [-0.15, -0.1) is 11.6 Å². The van der Waals surface area contributed by atoms with Crippen LogP contribution in [0.4, 0.5) is 0 Å². The Morgan fingerprint density at radius 3 is 2.38 bits per heavy atom. The van der Waals surface area contributed by atoms with Gasteiger partial charge in [-0.3, -0.25) is 0 Å². The average molecular weight is 263 g/mol. The number of hydrogen-bond acceptors (Lipinski definition) is 1. The predicted octanol–water partition coefficient (Wildman–Crippen LogP) is 3.76. The highest BCUT2D eigenvalue weighted by atomic mass is 79.9. The maximum Gasteiger partial charge on any atom is 0.111 e. The zero-order chi connectivity index (χ0) is 10.0. The molecular formula is C10H13BrClN. The average Bonchev–Trinajstić information content (AvgIpc) is 2.04. The van der Waals surface area contributed by atoms with Gasteiger partial charge in [0.25, 0.3) is 0 Å². The van der Waals surface area contributed by atoms with Gasteiger partial charge in [-0.2, -0.15) is 0 Å². The van der Waals surface area contributed by atoms with Gasteiger partial charge in [-0.05, 0) is 47.3 Å². The summed E-state index contributed by atoms with van der Waals surface area (Å²) in [5, 5.41) is 0. The quantitative estimate of drug-likeness (QED) is 0.584. The van der Waals surface area contributed by atoms with Crippen molar-refractivity contribution in [3.05, 3.63) is 27.0 Å². The fourth-order valence-electron chi connectivity index (χ4n) is 1.57. The van der Waals surface area contributed by atoms with Crippen molar-refractivity contribution in [2.24, 2.45) is 0 Å². The third-order valence-corrected chi connectivity index (χ3v) is 3.27. The molecule has 72 valence electrons. The lowest BCUT2D eigenvalue weighted by molar-refractivity contribution is 0.985. The molecule has 0 saturated carbocycles. The van der Waals surface area contributed by atoms with E-state index < -0.39 is 0 Å². The Morgan fingerprint density at radius 2 is 1.92 bits per heavy atom. The molecule has 0 bridgehead atoms. The van der Waals surface area contributed by atoms with Gasteiger partial charge >= 0.3 is 0 Å². The molecule has 0 aliphatic rings. The van der Waals surface area contributed by atoms with Gasteiger partial charge in [0.05, 0.1) is 5.88 Å². The zero-order valence-corrected chi connectivity index (χ0v) is 10.5. The van der Waals surface area contributed by atoms with Crippen LogP contribution in [0.25, 0.3) is 0 Å². The second kappa shape index (κ2) is 4.43. The molecular weight excluding hydrogens is 249 g/mol. The maximum absolute atomic E-state index is 5.85. The van der Waals surface area contributed by atoms with Crippen LogP contribution in [-0.2, 0) is 12.3 Å². The number of aryl methyl sites for hydroxylation is 1. The van der Waals surface area contributed by atoms with E-state index in [0.29, 0.717) is 5.88 Å². The zero-order valence-electron chi connectivity index (χ0n) is 8.12. The van der Waals surface area contributed by atoms with Crippen molar-refractivity contribution in [1.29, 1.82) is 0 Å². The summed E-state index contributed by atoms with van der Waals surface area (Å²) >= 11 is 9.27. The maximum atomic E-state index is 5.85. The Balaban J connectivity index is 3.39. The van der Waals surface area contributed by atoms with Crippen molar-refractivity contribution in [1.82, 2.24) is 4.98 Å². The summed E-state index contributed by atoms with van der Waals surface area (Å²) in [4.78, 5) is 4.41. The first-order valence-corrected chi connectivity index (χ1v) is 5.65. The first-order chi connectivity index (χ1) is 6.11. The molecule has 0 N–H and O–H groups in total. The van der Waals surface area contributed by atoms with E-state index in [-0.39, 0.29) is 0 Å². The summed E-state index contributed by atoms with van der Waals surface area (Å²) in [5.41, 5.74) is 4.81. The van der Waals surface area contributed by atoms with E-state index >= 15 is 0 Å². The molecule has 0 aliphatic heterocycles. The Labute approximate surface area is 92.6 Å². The van der Waals surface area contributed by atoms with Crippen LogP contribution in [-0.4, -0.2) is 4.98 Å². The van der Waals surface area contributed by atoms with Crippen LogP contribution >= 0.6 is 27.5 Å². The standard InChI is InChI=1S/C10H13BrClN/c1-4-8-6(2)9(5-12)10(11)13-7(8)3/h4-5H2,1-3H3. The Kier molecular flexibility index (Phi) is 3.74. The fraction of sp³-hybridized carbons (Fsp3) is 0.500. The van der Waals surface area contributed by atoms with Crippen LogP contribution in [0, 0.1) is 13.8 Å². The summed E-state index contributed by atoms with van der Waals surface area (Å²) in [6.45, 7) is 6.29. The van der Waals surface area contributed by atoms with Gasteiger partial charge in [0.2, 0.25) is 0 Å². The third kappa shape index (κ3) is 2.05. The normalized spacial score (nSPS) is 10.5. The van der Waals surface area contributed by atoms with Gasteiger partial charge in [-0.1, -0.05) is 6.92 Å². The van der Waals surface area contributed by atoms with Crippen molar-refractivity contribution in [2.75, 3.05) is 0 Å². The number of nitrogens with zero attached hydrogens (tertiary/aromatic N) is 1. The highest BCUT2D eigenvalue weighted by Crippen LogP contribution is 2.25. The van der Waals surface area contributed by atoms with Crippen LogP contribution in [0.2, 0.25) is 0 Å². The van der Waals surface area contributed by atoms with Gasteiger partial charge in [0, 0.05) is 11.3 Å². The van der Waals surface area contributed by atoms with E-state index in [1.807, 2.05) is 6.92 Å². The molecule has 1 aromatic rings. The molecule has 1 rings (SSSR count). The summed E-state index contributed by atoms with van der Waals surface area (Å²) < 4.78 is 0.884. The third-order valence-electron chi connectivity index (χ3n) is 2.34. The largest absolute Gasteiger partial charge is 0.246 e. The van der Waals surface area contributed by atoms with Crippen LogP contribution < -0.4 is 0 Å². The predicted molar refractivity (Wildman–Crippen MR) is 60.3 cm³/mol. The highest BCUT2D eigenvalue weighted by molar-refractivity contribution is 9.10. The summed E-state index contributed by atoms with van der Waals surface area (Å²) in [6.07, 6.45) is 1.02. The topological polar surface area (TPSA) is 12.9 Å². The number of alkyl halides is 1. The van der Waals surface area contributed by atoms with Gasteiger partial charge in [0.15, 0.2) is 0 Å². The first kappa shape index (κ1) is 11.0. The molecule has 0 fully saturated rings. The van der Waals surface area contributed by atoms with E-state index in [0.717, 1.165) is 22.3 Å². The molecule has 13 heavy (non-hydrogen) atoms. The molecule has 0 amide bonds. The van der Waals surface area contributed by atoms with Crippen LogP contribution in [0.1, 0.15) is 29.3 Å². The van der Waals surface area contributed by atoms with Crippen molar-refractivity contribution in [3.63, 3.8) is 0 Å². The minimum Gasteiger partial charge on any atom is -0.246 e. The van der Waals surface area contributed by atoms with E-state index in [1.54, 1.807) is 0 Å². The van der Waals surface area contributed by atoms with Crippen LogP contribution in [0.5, 0.6) is 0 Å². The van der Waals surface area contributed by atoms with Crippen molar-refractivity contribution in [2.45, 2.75) is 33.1 Å². The fourth-order valence-corrected chi connectivity index (χ4v) is 2.76. The molecule has 0 aliphatic carbocycles. The lowest BCUT2D eigenvalue weighted by atomic mass is 10.0. The minimum absolute atomic E-state index is 0.521. The Bertz CT molecular complexity index is 295. The van der Waals surface area contributed by atoms with E-state index in [1.165, 1.54) is 11.1 Å². The second-order valence-corrected chi connectivity index (χ2v) is 4.08. The summed E-state index contributed by atoms with van der Waals surface area (Å²) in [6, 6.07) is 0. The van der Waals surface area contributed by atoms with Crippen molar-refractivity contribution < 1.29 is 0 Å². The number of pyridine rings is 1. The molecule has 0 aromatic carbocycles. The Morgan fingerprint density at radius 1 is 1.31 bits per heavy atom. The number of rotatable bonds is 2. The monoisotopic (exact) mass is 261 g/mol. The number of aromatic nitrogens is 1. The van der Waals surface area contributed by atoms with Gasteiger partial charge < -0.3 is 0 Å². The molecule has 3 heteroatoms. The highest BCUT2D eigenvalue weighted by Gasteiger charge is 2.10. The van der Waals surface area contributed by atoms with Gasteiger partial charge in [-0.25, -0.2) is 4.98 Å². The molecule has 0 unspecified atom stereocenters. The lowest BCUT2D eigenvalue weighted by Crippen LogP contribution is -2.01. The molecule has 1 heterocycles. The van der Waals surface area contributed by atoms with Crippen molar-refractivity contribution in [3.8, 4) is 0 Å². The smallest absolute Gasteiger partial charge is 0.111 e. The molecule has 0 saturated heterocycles.